The number of hydrogen-bond acceptors (Lipinski definition) is 4. The molecule has 1 aliphatic rings. The van der Waals surface area contributed by atoms with E-state index in [-0.39, 0.29) is 17.2 Å². The van der Waals surface area contributed by atoms with E-state index < -0.39 is 32.1 Å². The van der Waals surface area contributed by atoms with Crippen LogP contribution in [0.15, 0.2) is 4.90 Å². The van der Waals surface area contributed by atoms with E-state index in [4.69, 9.17) is 11.5 Å². The van der Waals surface area contributed by atoms with Crippen molar-refractivity contribution in [1.29, 1.82) is 0 Å². The predicted octanol–water partition coefficient (Wildman–Crippen LogP) is 1.41. The summed E-state index contributed by atoms with van der Waals surface area (Å²) in [7, 11) is -3.88. The Bertz CT molecular complexity index is 595. The van der Waals surface area contributed by atoms with Gasteiger partial charge in [0.1, 0.15) is 10.6 Å². The Kier molecular flexibility index (Phi) is 2.53. The molecule has 0 unspecified atom stereocenters. The van der Waals surface area contributed by atoms with Crippen LogP contribution in [0.2, 0.25) is 0 Å². The number of halogens is 2. The minimum Gasteiger partial charge on any atom is -0.397 e. The number of sulfone groups is 1. The minimum atomic E-state index is -3.88. The van der Waals surface area contributed by atoms with Crippen LogP contribution in [-0.2, 0) is 9.84 Å². The molecular formula is C10H12F2N2O2S. The first kappa shape index (κ1) is 12.1. The maximum atomic E-state index is 13.7. The molecule has 0 amide bonds. The average Bonchev–Trinajstić information content (AvgIpc) is 2.96. The van der Waals surface area contributed by atoms with E-state index in [0.717, 1.165) is 6.26 Å². The maximum absolute atomic E-state index is 13.7. The van der Waals surface area contributed by atoms with Crippen LogP contribution < -0.4 is 11.5 Å². The molecule has 0 spiro atoms. The van der Waals surface area contributed by atoms with E-state index in [2.05, 4.69) is 0 Å². The third-order valence-corrected chi connectivity index (χ3v) is 3.94. The molecule has 0 radical (unpaired) electrons. The molecule has 0 bridgehead atoms. The van der Waals surface area contributed by atoms with Crippen molar-refractivity contribution in [3.05, 3.63) is 17.2 Å². The van der Waals surface area contributed by atoms with E-state index in [1.807, 2.05) is 0 Å². The molecular weight excluding hydrogens is 250 g/mol. The first-order valence-corrected chi connectivity index (χ1v) is 6.90. The van der Waals surface area contributed by atoms with Gasteiger partial charge in [0.05, 0.1) is 5.69 Å². The number of anilines is 2. The van der Waals surface area contributed by atoms with E-state index in [9.17, 15) is 17.2 Å². The molecule has 0 saturated heterocycles. The fourth-order valence-corrected chi connectivity index (χ4v) is 2.80. The lowest BCUT2D eigenvalue weighted by Gasteiger charge is -2.14. The zero-order valence-electron chi connectivity index (χ0n) is 9.13. The van der Waals surface area contributed by atoms with Gasteiger partial charge in [-0.1, -0.05) is 0 Å². The molecule has 1 aliphatic carbocycles. The third kappa shape index (κ3) is 1.84. The largest absolute Gasteiger partial charge is 0.397 e. The quantitative estimate of drug-likeness (QED) is 0.623. The van der Waals surface area contributed by atoms with Crippen LogP contribution in [-0.4, -0.2) is 14.7 Å². The SMILES string of the molecule is CS(=O)(=O)c1c(N)c(C2CC2)c(F)c(N)c1F. The number of nitrogens with two attached hydrogens (primary N) is 2. The van der Waals surface area contributed by atoms with Crippen LogP contribution >= 0.6 is 0 Å². The molecule has 4 N–H and O–H groups in total. The molecule has 0 atom stereocenters. The second-order valence-electron chi connectivity index (χ2n) is 4.24. The summed E-state index contributed by atoms with van der Waals surface area (Å²) in [5.74, 6) is -2.39. The van der Waals surface area contributed by atoms with Crippen LogP contribution in [0.3, 0.4) is 0 Å². The van der Waals surface area contributed by atoms with Crippen molar-refractivity contribution in [2.45, 2.75) is 23.7 Å². The molecule has 0 heterocycles. The van der Waals surface area contributed by atoms with Crippen LogP contribution in [0.25, 0.3) is 0 Å². The molecule has 1 fully saturated rings. The van der Waals surface area contributed by atoms with Gasteiger partial charge in [-0.2, -0.15) is 0 Å². The van der Waals surface area contributed by atoms with Gasteiger partial charge in [-0.25, -0.2) is 17.2 Å². The molecule has 0 aromatic heterocycles. The predicted molar refractivity (Wildman–Crippen MR) is 60.3 cm³/mol. The summed E-state index contributed by atoms with van der Waals surface area (Å²) in [5, 5.41) is 0. The van der Waals surface area contributed by atoms with Crippen molar-refractivity contribution in [3.8, 4) is 0 Å². The lowest BCUT2D eigenvalue weighted by molar-refractivity contribution is 0.553. The second kappa shape index (κ2) is 3.56. The summed E-state index contributed by atoms with van der Waals surface area (Å²) < 4.78 is 50.3. The maximum Gasteiger partial charge on any atom is 0.180 e. The van der Waals surface area contributed by atoms with Gasteiger partial charge < -0.3 is 11.5 Å². The van der Waals surface area contributed by atoms with E-state index in [1.54, 1.807) is 0 Å². The smallest absolute Gasteiger partial charge is 0.180 e. The summed E-state index contributed by atoms with van der Waals surface area (Å²) >= 11 is 0. The van der Waals surface area contributed by atoms with Crippen molar-refractivity contribution in [2.24, 2.45) is 0 Å². The summed E-state index contributed by atoms with van der Waals surface area (Å²) in [6.07, 6.45) is 2.22. The van der Waals surface area contributed by atoms with E-state index in [0.29, 0.717) is 12.8 Å². The molecule has 1 aromatic rings. The van der Waals surface area contributed by atoms with Gasteiger partial charge in [0.15, 0.2) is 21.5 Å². The monoisotopic (exact) mass is 262 g/mol. The Morgan fingerprint density at radius 3 is 2.06 bits per heavy atom. The Labute approximate surface area is 97.5 Å². The van der Waals surface area contributed by atoms with Gasteiger partial charge in [0, 0.05) is 11.8 Å². The van der Waals surface area contributed by atoms with Crippen LogP contribution in [0.5, 0.6) is 0 Å². The molecule has 17 heavy (non-hydrogen) atoms. The summed E-state index contributed by atoms with van der Waals surface area (Å²) in [6.45, 7) is 0. The summed E-state index contributed by atoms with van der Waals surface area (Å²) in [5.41, 5.74) is 9.72. The standard InChI is InChI=1S/C10H12F2N2O2S/c1-17(15,16)10-7(12)9(14)6(11)5(8(10)13)4-2-3-4/h4H,2-3,13-14H2,1H3. The molecule has 7 heteroatoms. The van der Waals surface area contributed by atoms with Gasteiger partial charge in [0.25, 0.3) is 0 Å². The minimum absolute atomic E-state index is 0.0318. The molecule has 0 aliphatic heterocycles. The normalized spacial score (nSPS) is 16.2. The van der Waals surface area contributed by atoms with Crippen molar-refractivity contribution in [2.75, 3.05) is 17.7 Å². The van der Waals surface area contributed by atoms with Gasteiger partial charge in [0.2, 0.25) is 0 Å². The van der Waals surface area contributed by atoms with Gasteiger partial charge in [-0.3, -0.25) is 0 Å². The zero-order chi connectivity index (χ0) is 13.0. The third-order valence-electron chi connectivity index (χ3n) is 2.80. The highest BCUT2D eigenvalue weighted by Gasteiger charge is 2.35. The summed E-state index contributed by atoms with van der Waals surface area (Å²) in [6, 6.07) is 0. The Hall–Kier alpha value is -1.37. The van der Waals surface area contributed by atoms with Gasteiger partial charge in [-0.05, 0) is 18.8 Å². The lowest BCUT2D eigenvalue weighted by atomic mass is 10.1. The Morgan fingerprint density at radius 1 is 1.12 bits per heavy atom. The Balaban J connectivity index is 2.85. The van der Waals surface area contributed by atoms with E-state index >= 15 is 0 Å². The van der Waals surface area contributed by atoms with E-state index in [1.165, 1.54) is 0 Å². The summed E-state index contributed by atoms with van der Waals surface area (Å²) in [4.78, 5) is -0.696. The van der Waals surface area contributed by atoms with Crippen LogP contribution in [0, 0.1) is 11.6 Å². The fourth-order valence-electron chi connectivity index (χ4n) is 1.86. The molecule has 94 valence electrons. The van der Waals surface area contributed by atoms with Crippen molar-refractivity contribution in [1.82, 2.24) is 0 Å². The average molecular weight is 262 g/mol. The van der Waals surface area contributed by atoms with Crippen LogP contribution in [0.4, 0.5) is 20.2 Å². The molecule has 1 aromatic carbocycles. The Morgan fingerprint density at radius 2 is 1.65 bits per heavy atom. The first-order chi connectivity index (χ1) is 7.75. The second-order valence-corrected chi connectivity index (χ2v) is 6.20. The topological polar surface area (TPSA) is 86.2 Å². The number of hydrogen-bond donors (Lipinski definition) is 2. The highest BCUT2D eigenvalue weighted by atomic mass is 32.2. The molecule has 2 rings (SSSR count). The number of benzene rings is 1. The molecule has 1 saturated carbocycles. The van der Waals surface area contributed by atoms with Crippen molar-refractivity contribution >= 4 is 21.2 Å². The number of rotatable bonds is 2. The highest BCUT2D eigenvalue weighted by molar-refractivity contribution is 7.90. The zero-order valence-corrected chi connectivity index (χ0v) is 9.94. The van der Waals surface area contributed by atoms with Crippen molar-refractivity contribution in [3.63, 3.8) is 0 Å². The first-order valence-electron chi connectivity index (χ1n) is 5.01. The number of nitrogen functional groups attached to an aromatic ring is 2. The van der Waals surface area contributed by atoms with Crippen molar-refractivity contribution < 1.29 is 17.2 Å². The highest BCUT2D eigenvalue weighted by Crippen LogP contribution is 2.47. The molecule has 4 nitrogen and oxygen atoms in total. The van der Waals surface area contributed by atoms with Crippen LogP contribution in [0.1, 0.15) is 24.3 Å². The lowest BCUT2D eigenvalue weighted by Crippen LogP contribution is -2.13. The van der Waals surface area contributed by atoms with Gasteiger partial charge >= 0.3 is 0 Å². The fraction of sp³-hybridized carbons (Fsp3) is 0.400. The van der Waals surface area contributed by atoms with Gasteiger partial charge in [-0.15, -0.1) is 0 Å².